The van der Waals surface area contributed by atoms with E-state index in [1.807, 2.05) is 30.3 Å². The lowest BCUT2D eigenvalue weighted by Crippen LogP contribution is -2.53. The molecule has 1 amide bonds. The van der Waals surface area contributed by atoms with Crippen LogP contribution in [0.25, 0.3) is 0 Å². The van der Waals surface area contributed by atoms with E-state index < -0.39 is 23.1 Å². The second kappa shape index (κ2) is 5.52. The number of nitrogens with one attached hydrogen (secondary N) is 1. The van der Waals surface area contributed by atoms with Crippen molar-refractivity contribution in [1.29, 1.82) is 0 Å². The van der Waals surface area contributed by atoms with Gasteiger partial charge in [0.25, 0.3) is 11.7 Å². The molecule has 0 saturated carbocycles. The molecule has 2 atom stereocenters. The van der Waals surface area contributed by atoms with Gasteiger partial charge < -0.3 is 20.3 Å². The first-order valence-electron chi connectivity index (χ1n) is 8.21. The Morgan fingerprint density at radius 3 is 2.46 bits per heavy atom. The number of allylic oxidation sites excluding steroid dienone is 1. The Labute approximate surface area is 149 Å². The van der Waals surface area contributed by atoms with Gasteiger partial charge in [0, 0.05) is 17.7 Å². The number of rotatable bonds is 3. The average molecular weight is 351 g/mol. The Hall–Kier alpha value is -2.96. The molecule has 2 aliphatic rings. The first-order valence-corrected chi connectivity index (χ1v) is 8.21. The minimum atomic E-state index is -2.47. The summed E-state index contributed by atoms with van der Waals surface area (Å²) in [7, 11) is 0. The largest absolute Gasteiger partial charge is 0.458 e. The number of ketones is 1. The molecule has 6 heteroatoms. The van der Waals surface area contributed by atoms with Gasteiger partial charge >= 0.3 is 0 Å². The fraction of sp³-hybridized carbons (Fsp3) is 0.200. The number of benzene rings is 2. The summed E-state index contributed by atoms with van der Waals surface area (Å²) in [4.78, 5) is 25.6. The third-order valence-corrected chi connectivity index (χ3v) is 4.89. The highest BCUT2D eigenvalue weighted by atomic mass is 16.7. The van der Waals surface area contributed by atoms with Gasteiger partial charge in [-0.2, -0.15) is 0 Å². The molecule has 0 radical (unpaired) electrons. The van der Waals surface area contributed by atoms with Gasteiger partial charge in [-0.25, -0.2) is 0 Å². The molecule has 0 aromatic heterocycles. The first kappa shape index (κ1) is 16.5. The van der Waals surface area contributed by atoms with Gasteiger partial charge in [0.15, 0.2) is 0 Å². The van der Waals surface area contributed by atoms with Crippen molar-refractivity contribution in [3.8, 4) is 0 Å². The van der Waals surface area contributed by atoms with Crippen molar-refractivity contribution >= 4 is 11.7 Å². The van der Waals surface area contributed by atoms with Crippen LogP contribution in [0.3, 0.4) is 0 Å². The molecular weight excluding hydrogens is 334 g/mol. The molecule has 2 aromatic rings. The zero-order chi connectivity index (χ0) is 18.5. The van der Waals surface area contributed by atoms with Gasteiger partial charge in [-0.05, 0) is 12.5 Å². The summed E-state index contributed by atoms with van der Waals surface area (Å²) in [6.45, 7) is 1.66. The van der Waals surface area contributed by atoms with Crippen molar-refractivity contribution < 1.29 is 24.5 Å². The normalized spacial score (nSPS) is 26.3. The van der Waals surface area contributed by atoms with Crippen LogP contribution in [0.5, 0.6) is 0 Å². The van der Waals surface area contributed by atoms with Crippen LogP contribution in [-0.4, -0.2) is 27.5 Å². The Morgan fingerprint density at radius 2 is 1.73 bits per heavy atom. The zero-order valence-corrected chi connectivity index (χ0v) is 14.0. The van der Waals surface area contributed by atoms with Crippen LogP contribution in [-0.2, 0) is 21.9 Å². The molecule has 26 heavy (non-hydrogen) atoms. The summed E-state index contributed by atoms with van der Waals surface area (Å²) in [5.74, 6) is -3.70. The zero-order valence-electron chi connectivity index (χ0n) is 14.0. The van der Waals surface area contributed by atoms with Crippen molar-refractivity contribution in [3.63, 3.8) is 0 Å². The SMILES string of the molecule is CC1=C(C(=O)NCc2ccccc2)C2(O)C(=O)c3ccccc3C2(O)O1. The fourth-order valence-corrected chi connectivity index (χ4v) is 3.65. The lowest BCUT2D eigenvalue weighted by Gasteiger charge is -2.30. The van der Waals surface area contributed by atoms with E-state index in [9.17, 15) is 19.8 Å². The van der Waals surface area contributed by atoms with Crippen LogP contribution >= 0.6 is 0 Å². The number of Topliss-reactive ketones (excluding diaryl/α,β-unsaturated/α-hetero) is 1. The standard InChI is InChI=1S/C20H17NO5/c1-12-16(18(23)21-11-13-7-3-2-4-8-13)19(24)17(22)14-9-5-6-10-15(14)20(19,25)26-12/h2-10,24-25H,11H2,1H3,(H,21,23). The second-order valence-electron chi connectivity index (χ2n) is 6.43. The van der Waals surface area contributed by atoms with Crippen molar-refractivity contribution in [2.75, 3.05) is 0 Å². The quantitative estimate of drug-likeness (QED) is 0.776. The van der Waals surface area contributed by atoms with E-state index in [-0.39, 0.29) is 29.0 Å². The fourth-order valence-electron chi connectivity index (χ4n) is 3.65. The molecular formula is C20H17NO5. The summed E-state index contributed by atoms with van der Waals surface area (Å²) in [6, 6.07) is 15.5. The Morgan fingerprint density at radius 1 is 1.08 bits per heavy atom. The van der Waals surface area contributed by atoms with Crippen LogP contribution in [0.1, 0.15) is 28.4 Å². The Balaban J connectivity index is 1.69. The monoisotopic (exact) mass is 351 g/mol. The summed E-state index contributed by atoms with van der Waals surface area (Å²) in [5.41, 5.74) is -1.59. The minimum absolute atomic E-state index is 0.0171. The van der Waals surface area contributed by atoms with Crippen LogP contribution in [0.4, 0.5) is 0 Å². The summed E-state index contributed by atoms with van der Waals surface area (Å²) in [5, 5.41) is 24.8. The van der Waals surface area contributed by atoms with E-state index in [4.69, 9.17) is 4.74 Å². The van der Waals surface area contributed by atoms with Crippen molar-refractivity contribution in [1.82, 2.24) is 5.32 Å². The number of hydrogen-bond acceptors (Lipinski definition) is 5. The molecule has 1 aliphatic carbocycles. The highest BCUT2D eigenvalue weighted by molar-refractivity contribution is 6.16. The van der Waals surface area contributed by atoms with Crippen molar-refractivity contribution in [3.05, 3.63) is 82.6 Å². The van der Waals surface area contributed by atoms with Gasteiger partial charge in [0.1, 0.15) is 11.3 Å². The molecule has 0 fully saturated rings. The smallest absolute Gasteiger partial charge is 0.276 e. The lowest BCUT2D eigenvalue weighted by molar-refractivity contribution is -0.235. The molecule has 4 rings (SSSR count). The summed E-state index contributed by atoms with van der Waals surface area (Å²) in [6.07, 6.45) is 0. The molecule has 0 bridgehead atoms. The minimum Gasteiger partial charge on any atom is -0.458 e. The summed E-state index contributed by atoms with van der Waals surface area (Å²) >= 11 is 0. The molecule has 6 nitrogen and oxygen atoms in total. The van der Waals surface area contributed by atoms with Gasteiger partial charge in [-0.15, -0.1) is 0 Å². The van der Waals surface area contributed by atoms with Gasteiger partial charge in [-0.1, -0.05) is 54.6 Å². The van der Waals surface area contributed by atoms with Crippen LogP contribution < -0.4 is 5.32 Å². The topological polar surface area (TPSA) is 95.9 Å². The van der Waals surface area contributed by atoms with E-state index in [1.54, 1.807) is 12.1 Å². The number of aliphatic hydroxyl groups is 2. The second-order valence-corrected chi connectivity index (χ2v) is 6.43. The van der Waals surface area contributed by atoms with E-state index in [1.165, 1.54) is 19.1 Å². The molecule has 132 valence electrons. The molecule has 1 aliphatic heterocycles. The third kappa shape index (κ3) is 2.00. The Kier molecular flexibility index (Phi) is 3.50. The first-order chi connectivity index (χ1) is 12.4. The third-order valence-electron chi connectivity index (χ3n) is 4.89. The maximum atomic E-state index is 12.8. The number of carbonyl (C=O) groups is 2. The number of carbonyl (C=O) groups excluding carboxylic acids is 2. The van der Waals surface area contributed by atoms with Gasteiger partial charge in [0.05, 0.1) is 0 Å². The maximum Gasteiger partial charge on any atom is 0.276 e. The Bertz CT molecular complexity index is 952. The van der Waals surface area contributed by atoms with Crippen molar-refractivity contribution in [2.45, 2.75) is 24.9 Å². The molecule has 0 spiro atoms. The highest BCUT2D eigenvalue weighted by Crippen LogP contribution is 2.54. The van der Waals surface area contributed by atoms with E-state index >= 15 is 0 Å². The number of hydrogen-bond donors (Lipinski definition) is 3. The lowest BCUT2D eigenvalue weighted by atomic mass is 9.85. The number of amides is 1. The van der Waals surface area contributed by atoms with E-state index in [2.05, 4.69) is 5.32 Å². The van der Waals surface area contributed by atoms with Crippen LogP contribution in [0, 0.1) is 0 Å². The van der Waals surface area contributed by atoms with Gasteiger partial charge in [-0.3, -0.25) is 9.59 Å². The highest BCUT2D eigenvalue weighted by Gasteiger charge is 2.72. The predicted octanol–water partition coefficient (Wildman–Crippen LogP) is 1.38. The number of fused-ring (bicyclic) bond motifs is 3. The van der Waals surface area contributed by atoms with E-state index in [0.717, 1.165) is 5.56 Å². The molecule has 0 saturated heterocycles. The average Bonchev–Trinajstić information content (AvgIpc) is 2.95. The number of ether oxygens (including phenoxy) is 1. The summed E-state index contributed by atoms with van der Waals surface area (Å²) < 4.78 is 5.46. The van der Waals surface area contributed by atoms with Gasteiger partial charge in [0.2, 0.25) is 11.4 Å². The van der Waals surface area contributed by atoms with Crippen LogP contribution in [0.2, 0.25) is 0 Å². The molecule has 2 aromatic carbocycles. The molecule has 3 N–H and O–H groups in total. The molecule has 2 unspecified atom stereocenters. The maximum absolute atomic E-state index is 12.8. The molecule has 1 heterocycles. The predicted molar refractivity (Wildman–Crippen MR) is 91.7 cm³/mol. The van der Waals surface area contributed by atoms with E-state index in [0.29, 0.717) is 0 Å². The van der Waals surface area contributed by atoms with Crippen molar-refractivity contribution in [2.24, 2.45) is 0 Å². The van der Waals surface area contributed by atoms with Crippen LogP contribution in [0.15, 0.2) is 65.9 Å².